The second-order valence-electron chi connectivity index (χ2n) is 4.30. The summed E-state index contributed by atoms with van der Waals surface area (Å²) in [5, 5.41) is 8.91. The number of aromatic nitrogens is 2. The van der Waals surface area contributed by atoms with Gasteiger partial charge in [0.05, 0.1) is 19.2 Å². The number of hydrogen-bond acceptors (Lipinski definition) is 2. The summed E-state index contributed by atoms with van der Waals surface area (Å²) in [6.07, 6.45) is -10.2. The topological polar surface area (TPSA) is 46.0 Å². The van der Waals surface area contributed by atoms with Crippen molar-refractivity contribution in [3.63, 3.8) is 0 Å². The molecule has 1 rings (SSSR count). The Kier molecular flexibility index (Phi) is 4.52. The Hall–Kier alpha value is -2.23. The first-order valence-corrected chi connectivity index (χ1v) is 5.47. The maximum Gasteiger partial charge on any atom is 0.434 e. The van der Waals surface area contributed by atoms with E-state index in [0.717, 1.165) is 10.9 Å². The fourth-order valence-electron chi connectivity index (χ4n) is 1.53. The average Bonchev–Trinajstić information content (AvgIpc) is 2.82. The number of hydrogen-bond donors (Lipinski definition) is 0. The van der Waals surface area contributed by atoms with Crippen LogP contribution in [0.25, 0.3) is 4.85 Å². The third kappa shape index (κ3) is 4.67. The first kappa shape index (κ1) is 16.8. The van der Waals surface area contributed by atoms with Crippen LogP contribution < -0.4 is 0 Å². The van der Waals surface area contributed by atoms with Crippen molar-refractivity contribution in [2.75, 3.05) is 0 Å². The maximum absolute atomic E-state index is 12.4. The summed E-state index contributed by atoms with van der Waals surface area (Å²) < 4.78 is 74.4. The minimum absolute atomic E-state index is 0.546. The predicted octanol–water partition coefficient (Wildman–Crippen LogP) is 3.43. The number of nitriles is 1. The van der Waals surface area contributed by atoms with Crippen LogP contribution in [0.3, 0.4) is 0 Å². The van der Waals surface area contributed by atoms with Crippen LogP contribution >= 0.6 is 0 Å². The molecule has 0 bridgehead atoms. The average molecular weight is 310 g/mol. The van der Waals surface area contributed by atoms with Gasteiger partial charge >= 0.3 is 17.9 Å². The minimum atomic E-state index is -4.70. The Bertz CT molecular complexity index is 557. The van der Waals surface area contributed by atoms with Crippen LogP contribution in [0.4, 0.5) is 26.3 Å². The van der Waals surface area contributed by atoms with Crippen molar-refractivity contribution in [2.24, 2.45) is 0 Å². The van der Waals surface area contributed by atoms with Crippen molar-refractivity contribution in [2.45, 2.75) is 37.3 Å². The van der Waals surface area contributed by atoms with Crippen LogP contribution in [0, 0.1) is 17.9 Å². The molecule has 1 atom stereocenters. The highest BCUT2D eigenvalue weighted by Crippen LogP contribution is 2.31. The summed E-state index contributed by atoms with van der Waals surface area (Å²) in [5.41, 5.74) is -3.32. The third-order valence-electron chi connectivity index (χ3n) is 2.61. The SMILES string of the molecule is [C-]#[N+]C(C#N)(CCC(F)(F)F)Cn1cnc(C(F)(F)F)c1. The van der Waals surface area contributed by atoms with Gasteiger partial charge in [-0.15, -0.1) is 0 Å². The molecule has 0 N–H and O–H groups in total. The van der Waals surface area contributed by atoms with Gasteiger partial charge < -0.3 is 4.57 Å². The molecule has 114 valence electrons. The van der Waals surface area contributed by atoms with Crippen molar-refractivity contribution < 1.29 is 26.3 Å². The minimum Gasteiger partial charge on any atom is -0.327 e. The summed E-state index contributed by atoms with van der Waals surface area (Å²) >= 11 is 0. The molecule has 1 unspecified atom stereocenters. The lowest BCUT2D eigenvalue weighted by molar-refractivity contribution is -0.141. The largest absolute Gasteiger partial charge is 0.434 e. The van der Waals surface area contributed by atoms with E-state index in [1.54, 1.807) is 0 Å². The van der Waals surface area contributed by atoms with Gasteiger partial charge in [-0.2, -0.15) is 31.6 Å². The van der Waals surface area contributed by atoms with Gasteiger partial charge in [-0.05, 0) is 0 Å². The normalized spacial score (nSPS) is 15.0. The molecular weight excluding hydrogens is 302 g/mol. The smallest absolute Gasteiger partial charge is 0.327 e. The molecule has 0 fully saturated rings. The molecule has 0 aliphatic carbocycles. The van der Waals surface area contributed by atoms with Gasteiger partial charge in [-0.3, -0.25) is 4.85 Å². The summed E-state index contributed by atoms with van der Waals surface area (Å²) in [6, 6.07) is 1.45. The molecule has 0 saturated carbocycles. The molecule has 10 heteroatoms. The van der Waals surface area contributed by atoms with Crippen molar-refractivity contribution in [3.05, 3.63) is 29.6 Å². The second kappa shape index (κ2) is 5.64. The maximum atomic E-state index is 12.4. The molecule has 0 spiro atoms. The van der Waals surface area contributed by atoms with Gasteiger partial charge in [0, 0.05) is 6.20 Å². The van der Waals surface area contributed by atoms with E-state index >= 15 is 0 Å². The zero-order chi connectivity index (χ0) is 16.3. The third-order valence-corrected chi connectivity index (χ3v) is 2.61. The molecule has 0 aromatic carbocycles. The molecule has 0 radical (unpaired) electrons. The van der Waals surface area contributed by atoms with Gasteiger partial charge in [-0.1, -0.05) is 0 Å². The number of rotatable bonds is 4. The van der Waals surface area contributed by atoms with E-state index in [1.165, 1.54) is 6.07 Å². The highest BCUT2D eigenvalue weighted by Gasteiger charge is 2.42. The van der Waals surface area contributed by atoms with E-state index in [1.807, 2.05) is 0 Å². The zero-order valence-electron chi connectivity index (χ0n) is 10.3. The fraction of sp³-hybridized carbons (Fsp3) is 0.545. The van der Waals surface area contributed by atoms with Crippen LogP contribution in [-0.4, -0.2) is 21.3 Å². The zero-order valence-corrected chi connectivity index (χ0v) is 10.3. The summed E-state index contributed by atoms with van der Waals surface area (Å²) in [4.78, 5) is 5.92. The number of imidazole rings is 1. The Morgan fingerprint density at radius 3 is 2.24 bits per heavy atom. The highest BCUT2D eigenvalue weighted by molar-refractivity contribution is 5.16. The molecule has 0 saturated heterocycles. The predicted molar refractivity (Wildman–Crippen MR) is 57.5 cm³/mol. The summed E-state index contributed by atoms with van der Waals surface area (Å²) in [6.45, 7) is 6.26. The fourth-order valence-corrected chi connectivity index (χ4v) is 1.53. The van der Waals surface area contributed by atoms with Crippen LogP contribution in [0.2, 0.25) is 0 Å². The summed E-state index contributed by atoms with van der Waals surface area (Å²) in [7, 11) is 0. The van der Waals surface area contributed by atoms with Gasteiger partial charge in [0.15, 0.2) is 11.8 Å². The van der Waals surface area contributed by atoms with E-state index in [2.05, 4.69) is 9.83 Å². The van der Waals surface area contributed by atoms with E-state index in [4.69, 9.17) is 11.8 Å². The summed E-state index contributed by atoms with van der Waals surface area (Å²) in [5.74, 6) is 0. The standard InChI is InChI=1S/C11H8F6N4/c1-19-9(5-18,2-3-10(12,13)14)6-21-4-8(20-7-21)11(15,16)17/h4,7H,2-3,6H2. The first-order valence-electron chi connectivity index (χ1n) is 5.47. The van der Waals surface area contributed by atoms with Gasteiger partial charge in [0.1, 0.15) is 6.54 Å². The molecule has 0 amide bonds. The lowest BCUT2D eigenvalue weighted by Gasteiger charge is -2.15. The first-order chi connectivity index (χ1) is 9.51. The molecule has 1 aromatic heterocycles. The Morgan fingerprint density at radius 1 is 1.24 bits per heavy atom. The van der Waals surface area contributed by atoms with E-state index in [0.29, 0.717) is 6.20 Å². The van der Waals surface area contributed by atoms with Gasteiger partial charge in [0.25, 0.3) is 0 Å². The van der Waals surface area contributed by atoms with E-state index < -0.39 is 43.0 Å². The van der Waals surface area contributed by atoms with Gasteiger partial charge in [0.2, 0.25) is 0 Å². The molecule has 21 heavy (non-hydrogen) atoms. The molecule has 0 aliphatic rings. The molecule has 4 nitrogen and oxygen atoms in total. The Balaban J connectivity index is 2.92. The van der Waals surface area contributed by atoms with Crippen LogP contribution in [0.1, 0.15) is 18.5 Å². The Labute approximate surface area is 115 Å². The van der Waals surface area contributed by atoms with E-state index in [9.17, 15) is 26.3 Å². The van der Waals surface area contributed by atoms with Crippen molar-refractivity contribution in [1.82, 2.24) is 9.55 Å². The van der Waals surface area contributed by atoms with Crippen LogP contribution in [0.5, 0.6) is 0 Å². The Morgan fingerprint density at radius 2 is 1.86 bits per heavy atom. The lowest BCUT2D eigenvalue weighted by atomic mass is 9.95. The highest BCUT2D eigenvalue weighted by atomic mass is 19.4. The number of halogens is 6. The van der Waals surface area contributed by atoms with Crippen molar-refractivity contribution >= 4 is 0 Å². The van der Waals surface area contributed by atoms with Crippen LogP contribution in [-0.2, 0) is 12.7 Å². The second-order valence-corrected chi connectivity index (χ2v) is 4.30. The van der Waals surface area contributed by atoms with Crippen LogP contribution in [0.15, 0.2) is 12.5 Å². The molecule has 1 aromatic rings. The molecular formula is C11H8F6N4. The lowest BCUT2D eigenvalue weighted by Crippen LogP contribution is -2.30. The van der Waals surface area contributed by atoms with E-state index in [-0.39, 0.29) is 0 Å². The number of alkyl halides is 6. The van der Waals surface area contributed by atoms with Crippen molar-refractivity contribution in [1.29, 1.82) is 5.26 Å². The van der Waals surface area contributed by atoms with Gasteiger partial charge in [-0.25, -0.2) is 11.6 Å². The number of nitrogens with zero attached hydrogens (tertiary/aromatic N) is 4. The van der Waals surface area contributed by atoms with Crippen molar-refractivity contribution in [3.8, 4) is 6.07 Å². The molecule has 1 heterocycles. The quantitative estimate of drug-likeness (QED) is 0.632. The monoisotopic (exact) mass is 310 g/mol. The molecule has 0 aliphatic heterocycles.